The third-order valence-corrected chi connectivity index (χ3v) is 2.90. The summed E-state index contributed by atoms with van der Waals surface area (Å²) in [6.45, 7) is 1.46. The molecule has 78 valence electrons. The average Bonchev–Trinajstić information content (AvgIpc) is 2.17. The van der Waals surface area contributed by atoms with Crippen molar-refractivity contribution in [2.75, 3.05) is 7.05 Å². The van der Waals surface area contributed by atoms with Crippen molar-refractivity contribution in [3.8, 4) is 0 Å². The van der Waals surface area contributed by atoms with Crippen LogP contribution in [0, 0.1) is 0 Å². The summed E-state index contributed by atoms with van der Waals surface area (Å²) in [6.07, 6.45) is 0. The lowest BCUT2D eigenvalue weighted by Crippen LogP contribution is -2.38. The van der Waals surface area contributed by atoms with E-state index < -0.39 is 12.0 Å². The van der Waals surface area contributed by atoms with Crippen molar-refractivity contribution in [3.05, 3.63) is 34.3 Å². The van der Waals surface area contributed by atoms with Crippen molar-refractivity contribution < 1.29 is 8.78 Å². The second-order valence-corrected chi connectivity index (χ2v) is 3.97. The standard InChI is InChI=1S/C10H12BrF2N/c1-7(14-2)10(12,13)8-5-3-4-6-9(8)11/h3-7,14H,1-2H3. The molecule has 0 saturated carbocycles. The number of alkyl halides is 2. The van der Waals surface area contributed by atoms with Gasteiger partial charge in [0, 0.05) is 10.0 Å². The van der Waals surface area contributed by atoms with Crippen LogP contribution in [0.3, 0.4) is 0 Å². The lowest BCUT2D eigenvalue weighted by molar-refractivity contribution is -0.0360. The number of hydrogen-bond donors (Lipinski definition) is 1. The number of rotatable bonds is 3. The molecule has 0 bridgehead atoms. The normalized spacial score (nSPS) is 14.1. The summed E-state index contributed by atoms with van der Waals surface area (Å²) in [7, 11) is 1.52. The molecule has 0 aromatic heterocycles. The van der Waals surface area contributed by atoms with Crippen molar-refractivity contribution in [2.45, 2.75) is 18.9 Å². The van der Waals surface area contributed by atoms with Gasteiger partial charge in [-0.3, -0.25) is 0 Å². The van der Waals surface area contributed by atoms with E-state index in [1.54, 1.807) is 18.2 Å². The van der Waals surface area contributed by atoms with Crippen molar-refractivity contribution in [3.63, 3.8) is 0 Å². The molecule has 1 nitrogen and oxygen atoms in total. The molecular weight excluding hydrogens is 252 g/mol. The molecule has 4 heteroatoms. The molecule has 0 heterocycles. The van der Waals surface area contributed by atoms with E-state index in [9.17, 15) is 8.78 Å². The molecular formula is C10H12BrF2N. The Morgan fingerprint density at radius 1 is 1.36 bits per heavy atom. The topological polar surface area (TPSA) is 12.0 Å². The maximum Gasteiger partial charge on any atom is 0.289 e. The molecule has 1 unspecified atom stereocenters. The molecule has 1 aromatic carbocycles. The summed E-state index contributed by atoms with van der Waals surface area (Å²) in [5.41, 5.74) is 0.0156. The van der Waals surface area contributed by atoms with Crippen LogP contribution in [-0.2, 0) is 5.92 Å². The molecule has 0 aliphatic carbocycles. The monoisotopic (exact) mass is 263 g/mol. The van der Waals surface area contributed by atoms with Crippen LogP contribution in [-0.4, -0.2) is 13.1 Å². The predicted octanol–water partition coefficient (Wildman–Crippen LogP) is 3.15. The minimum absolute atomic E-state index is 0.0156. The van der Waals surface area contributed by atoms with Gasteiger partial charge in [-0.15, -0.1) is 0 Å². The molecule has 0 aliphatic heterocycles. The zero-order valence-electron chi connectivity index (χ0n) is 8.02. The van der Waals surface area contributed by atoms with E-state index in [1.807, 2.05) is 0 Å². The SMILES string of the molecule is CNC(C)C(F)(F)c1ccccc1Br. The van der Waals surface area contributed by atoms with Gasteiger partial charge in [0.2, 0.25) is 0 Å². The Morgan fingerprint density at radius 2 is 1.93 bits per heavy atom. The van der Waals surface area contributed by atoms with Crippen LogP contribution in [0.1, 0.15) is 12.5 Å². The van der Waals surface area contributed by atoms with Crippen LogP contribution in [0.25, 0.3) is 0 Å². The van der Waals surface area contributed by atoms with Crippen LogP contribution < -0.4 is 5.32 Å². The highest BCUT2D eigenvalue weighted by atomic mass is 79.9. The van der Waals surface area contributed by atoms with E-state index in [0.717, 1.165) is 0 Å². The number of halogens is 3. The lowest BCUT2D eigenvalue weighted by Gasteiger charge is -2.24. The molecule has 0 aliphatic rings. The fourth-order valence-corrected chi connectivity index (χ4v) is 1.70. The van der Waals surface area contributed by atoms with Gasteiger partial charge in [0.05, 0.1) is 6.04 Å². The second-order valence-electron chi connectivity index (χ2n) is 3.11. The third-order valence-electron chi connectivity index (χ3n) is 2.21. The van der Waals surface area contributed by atoms with Gasteiger partial charge in [-0.25, -0.2) is 0 Å². The molecule has 1 rings (SSSR count). The van der Waals surface area contributed by atoms with Gasteiger partial charge in [-0.05, 0) is 20.0 Å². The maximum absolute atomic E-state index is 13.7. The van der Waals surface area contributed by atoms with Gasteiger partial charge in [0.25, 0.3) is 5.92 Å². The Hall–Kier alpha value is -0.480. The fraction of sp³-hybridized carbons (Fsp3) is 0.400. The first kappa shape index (κ1) is 11.6. The number of likely N-dealkylation sites (N-methyl/N-ethyl adjacent to an activating group) is 1. The van der Waals surface area contributed by atoms with E-state index in [-0.39, 0.29) is 5.56 Å². The summed E-state index contributed by atoms with van der Waals surface area (Å²) >= 11 is 3.12. The van der Waals surface area contributed by atoms with Crippen molar-refractivity contribution in [2.24, 2.45) is 0 Å². The maximum atomic E-state index is 13.7. The molecule has 1 atom stereocenters. The largest absolute Gasteiger partial charge is 0.312 e. The number of nitrogens with one attached hydrogen (secondary N) is 1. The third kappa shape index (κ3) is 2.12. The van der Waals surface area contributed by atoms with Gasteiger partial charge in [0.1, 0.15) is 0 Å². The quantitative estimate of drug-likeness (QED) is 0.884. The molecule has 0 radical (unpaired) electrons. The lowest BCUT2D eigenvalue weighted by atomic mass is 10.0. The van der Waals surface area contributed by atoms with E-state index in [2.05, 4.69) is 21.2 Å². The highest BCUT2D eigenvalue weighted by Crippen LogP contribution is 2.35. The van der Waals surface area contributed by atoms with Crippen LogP contribution in [0.2, 0.25) is 0 Å². The van der Waals surface area contributed by atoms with E-state index in [0.29, 0.717) is 4.47 Å². The molecule has 0 spiro atoms. The minimum atomic E-state index is -2.87. The fourth-order valence-electron chi connectivity index (χ4n) is 1.15. The van der Waals surface area contributed by atoms with Gasteiger partial charge in [0.15, 0.2) is 0 Å². The van der Waals surface area contributed by atoms with Gasteiger partial charge in [-0.2, -0.15) is 8.78 Å². The van der Waals surface area contributed by atoms with E-state index >= 15 is 0 Å². The number of benzene rings is 1. The van der Waals surface area contributed by atoms with Crippen molar-refractivity contribution in [1.29, 1.82) is 0 Å². The van der Waals surface area contributed by atoms with E-state index in [4.69, 9.17) is 0 Å². The van der Waals surface area contributed by atoms with Crippen LogP contribution in [0.5, 0.6) is 0 Å². The van der Waals surface area contributed by atoms with Crippen molar-refractivity contribution in [1.82, 2.24) is 5.32 Å². The molecule has 14 heavy (non-hydrogen) atoms. The first-order chi connectivity index (χ1) is 6.50. The minimum Gasteiger partial charge on any atom is -0.312 e. The Kier molecular flexibility index (Phi) is 3.61. The second kappa shape index (κ2) is 4.36. The summed E-state index contributed by atoms with van der Waals surface area (Å²) < 4.78 is 27.9. The van der Waals surface area contributed by atoms with Gasteiger partial charge >= 0.3 is 0 Å². The summed E-state index contributed by atoms with van der Waals surface area (Å²) in [5, 5.41) is 2.56. The highest BCUT2D eigenvalue weighted by molar-refractivity contribution is 9.10. The van der Waals surface area contributed by atoms with E-state index in [1.165, 1.54) is 20.0 Å². The molecule has 1 N–H and O–H groups in total. The van der Waals surface area contributed by atoms with Gasteiger partial charge in [-0.1, -0.05) is 34.1 Å². The molecule has 0 saturated heterocycles. The summed E-state index contributed by atoms with van der Waals surface area (Å²) in [4.78, 5) is 0. The molecule has 0 amide bonds. The Bertz CT molecular complexity index is 315. The average molecular weight is 264 g/mol. The zero-order chi connectivity index (χ0) is 10.8. The molecule has 1 aromatic rings. The van der Waals surface area contributed by atoms with Crippen LogP contribution in [0.15, 0.2) is 28.7 Å². The number of hydrogen-bond acceptors (Lipinski definition) is 1. The first-order valence-corrected chi connectivity index (χ1v) is 5.09. The predicted molar refractivity (Wildman–Crippen MR) is 56.6 cm³/mol. The smallest absolute Gasteiger partial charge is 0.289 e. The first-order valence-electron chi connectivity index (χ1n) is 4.30. The Morgan fingerprint density at radius 3 is 2.43 bits per heavy atom. The molecule has 0 fully saturated rings. The summed E-state index contributed by atoms with van der Waals surface area (Å²) in [5.74, 6) is -2.87. The summed E-state index contributed by atoms with van der Waals surface area (Å²) in [6, 6.07) is 5.48. The highest BCUT2D eigenvalue weighted by Gasteiger charge is 2.38. The Labute approximate surface area is 90.6 Å². The van der Waals surface area contributed by atoms with Crippen molar-refractivity contribution >= 4 is 15.9 Å². The zero-order valence-corrected chi connectivity index (χ0v) is 9.61. The van der Waals surface area contributed by atoms with Crippen LogP contribution >= 0.6 is 15.9 Å². The Balaban J connectivity index is 3.09. The van der Waals surface area contributed by atoms with Crippen LogP contribution in [0.4, 0.5) is 8.78 Å². The van der Waals surface area contributed by atoms with Gasteiger partial charge < -0.3 is 5.32 Å².